The Morgan fingerprint density at radius 1 is 1.50 bits per heavy atom. The maximum Gasteiger partial charge on any atom is 0.162 e. The highest BCUT2D eigenvalue weighted by Crippen LogP contribution is 2.38. The lowest BCUT2D eigenvalue weighted by molar-refractivity contribution is 0.281. The van der Waals surface area contributed by atoms with Gasteiger partial charge in [0.15, 0.2) is 5.15 Å². The third-order valence-corrected chi connectivity index (χ3v) is 5.83. The molecule has 3 rings (SSSR count). The quantitative estimate of drug-likeness (QED) is 0.838. The van der Waals surface area contributed by atoms with E-state index in [2.05, 4.69) is 20.7 Å². The maximum atomic E-state index is 13.8. The van der Waals surface area contributed by atoms with Crippen LogP contribution in [0.4, 0.5) is 9.39 Å². The number of nitrogens with zero attached hydrogens (tertiary/aromatic N) is 3. The molecule has 2 heterocycles. The smallest absolute Gasteiger partial charge is 0.162 e. The number of nitrogens with one attached hydrogen (secondary N) is 1. The van der Waals surface area contributed by atoms with E-state index >= 15 is 0 Å². The van der Waals surface area contributed by atoms with Crippen molar-refractivity contribution in [3.63, 3.8) is 0 Å². The first-order valence-corrected chi connectivity index (χ1v) is 8.98. The van der Waals surface area contributed by atoms with Crippen LogP contribution in [0.15, 0.2) is 18.2 Å². The second-order valence-corrected chi connectivity index (χ2v) is 7.36. The Bertz CT molecular complexity index is 789. The van der Waals surface area contributed by atoms with Crippen molar-refractivity contribution in [2.24, 2.45) is 5.92 Å². The Labute approximate surface area is 154 Å². The van der Waals surface area contributed by atoms with Gasteiger partial charge in [-0.2, -0.15) is 9.64 Å². The standard InChI is InChI=1S/C16H15Cl2FN4S/c1-23-5-4-10(8-21-16-11(7-20)15(18)22-24-16)14(23)9-2-3-12(17)13(19)6-9/h2-3,6,10,14,21H,4-5,8H2,1H3. The van der Waals surface area contributed by atoms with Crippen molar-refractivity contribution in [2.75, 3.05) is 25.5 Å². The third-order valence-electron chi connectivity index (χ3n) is 4.35. The minimum atomic E-state index is -0.401. The van der Waals surface area contributed by atoms with Crippen LogP contribution in [0.2, 0.25) is 10.2 Å². The van der Waals surface area contributed by atoms with E-state index in [1.54, 1.807) is 6.07 Å². The Morgan fingerprint density at radius 2 is 2.29 bits per heavy atom. The average Bonchev–Trinajstić information content (AvgIpc) is 3.10. The molecule has 0 amide bonds. The lowest BCUT2D eigenvalue weighted by atomic mass is 9.93. The van der Waals surface area contributed by atoms with Crippen molar-refractivity contribution in [3.8, 4) is 6.07 Å². The van der Waals surface area contributed by atoms with Crippen LogP contribution in [0.3, 0.4) is 0 Å². The highest BCUT2D eigenvalue weighted by molar-refractivity contribution is 7.10. The highest BCUT2D eigenvalue weighted by atomic mass is 35.5. The van der Waals surface area contributed by atoms with Crippen molar-refractivity contribution in [2.45, 2.75) is 12.5 Å². The van der Waals surface area contributed by atoms with Crippen molar-refractivity contribution in [1.82, 2.24) is 9.27 Å². The fourth-order valence-electron chi connectivity index (χ4n) is 3.18. The molecule has 0 spiro atoms. The van der Waals surface area contributed by atoms with Crippen LogP contribution in [-0.4, -0.2) is 29.4 Å². The minimum absolute atomic E-state index is 0.0956. The second kappa shape index (κ2) is 7.24. The van der Waals surface area contributed by atoms with Gasteiger partial charge in [-0.25, -0.2) is 4.39 Å². The van der Waals surface area contributed by atoms with Gasteiger partial charge in [0.25, 0.3) is 0 Å². The van der Waals surface area contributed by atoms with Gasteiger partial charge in [-0.3, -0.25) is 4.90 Å². The fourth-order valence-corrected chi connectivity index (χ4v) is 4.23. The van der Waals surface area contributed by atoms with E-state index in [1.165, 1.54) is 17.6 Å². The molecule has 1 fully saturated rings. The van der Waals surface area contributed by atoms with Gasteiger partial charge in [0.1, 0.15) is 22.5 Å². The van der Waals surface area contributed by atoms with Crippen LogP contribution in [0.1, 0.15) is 23.6 Å². The van der Waals surface area contributed by atoms with Gasteiger partial charge in [0.2, 0.25) is 0 Å². The number of halogens is 3. The summed E-state index contributed by atoms with van der Waals surface area (Å²) in [6.07, 6.45) is 0.979. The molecule has 1 aromatic carbocycles. The first kappa shape index (κ1) is 17.4. The summed E-state index contributed by atoms with van der Waals surface area (Å²) in [5, 5.41) is 13.5. The summed E-state index contributed by atoms with van der Waals surface area (Å²) in [5.41, 5.74) is 1.29. The molecule has 0 bridgehead atoms. The molecule has 8 heteroatoms. The number of rotatable bonds is 4. The minimum Gasteiger partial charge on any atom is -0.374 e. The van der Waals surface area contributed by atoms with Crippen molar-refractivity contribution in [3.05, 3.63) is 45.3 Å². The van der Waals surface area contributed by atoms with Crippen LogP contribution in [0.25, 0.3) is 0 Å². The van der Waals surface area contributed by atoms with E-state index in [4.69, 9.17) is 28.5 Å². The van der Waals surface area contributed by atoms with Gasteiger partial charge >= 0.3 is 0 Å². The monoisotopic (exact) mass is 384 g/mol. The molecule has 2 atom stereocenters. The molecule has 1 aromatic heterocycles. The summed E-state index contributed by atoms with van der Waals surface area (Å²) >= 11 is 12.9. The van der Waals surface area contributed by atoms with E-state index in [-0.39, 0.29) is 22.1 Å². The number of likely N-dealkylation sites (tertiary alicyclic amines) is 1. The number of hydrogen-bond donors (Lipinski definition) is 1. The zero-order chi connectivity index (χ0) is 17.3. The van der Waals surface area contributed by atoms with Crippen molar-refractivity contribution in [1.29, 1.82) is 5.26 Å². The third kappa shape index (κ3) is 3.35. The lowest BCUT2D eigenvalue weighted by Gasteiger charge is -2.26. The summed E-state index contributed by atoms with van der Waals surface area (Å²) in [7, 11) is 2.03. The molecular weight excluding hydrogens is 370 g/mol. The normalized spacial score (nSPS) is 21.0. The van der Waals surface area contributed by atoms with Gasteiger partial charge in [-0.1, -0.05) is 29.3 Å². The lowest BCUT2D eigenvalue weighted by Crippen LogP contribution is -2.25. The van der Waals surface area contributed by atoms with E-state index in [9.17, 15) is 4.39 Å². The number of anilines is 1. The summed E-state index contributed by atoms with van der Waals surface area (Å²) in [6, 6.07) is 7.13. The largest absolute Gasteiger partial charge is 0.374 e. The Hall–Kier alpha value is -1.39. The number of nitriles is 1. The number of aromatic nitrogens is 1. The summed E-state index contributed by atoms with van der Waals surface area (Å²) in [5.74, 6) is -0.120. The van der Waals surface area contributed by atoms with Gasteiger partial charge in [-0.15, -0.1) is 0 Å². The molecule has 4 nitrogen and oxygen atoms in total. The molecule has 1 aliphatic heterocycles. The predicted octanol–water partition coefficient (Wildman–Crippen LogP) is 4.57. The predicted molar refractivity (Wildman–Crippen MR) is 95.2 cm³/mol. The van der Waals surface area contributed by atoms with E-state index < -0.39 is 5.82 Å². The van der Waals surface area contributed by atoms with E-state index in [0.717, 1.165) is 18.5 Å². The molecular formula is C16H15Cl2FN4S. The zero-order valence-electron chi connectivity index (χ0n) is 12.9. The summed E-state index contributed by atoms with van der Waals surface area (Å²) < 4.78 is 17.8. The van der Waals surface area contributed by atoms with Gasteiger partial charge < -0.3 is 5.32 Å². The van der Waals surface area contributed by atoms with Crippen LogP contribution in [-0.2, 0) is 0 Å². The molecule has 24 heavy (non-hydrogen) atoms. The first-order chi connectivity index (χ1) is 11.5. The van der Waals surface area contributed by atoms with E-state index in [1.807, 2.05) is 13.1 Å². The fraction of sp³-hybridized carbons (Fsp3) is 0.375. The second-order valence-electron chi connectivity index (χ2n) is 5.82. The average molecular weight is 385 g/mol. The van der Waals surface area contributed by atoms with Crippen LogP contribution in [0, 0.1) is 23.1 Å². The van der Waals surface area contributed by atoms with Crippen molar-refractivity contribution >= 4 is 39.7 Å². The first-order valence-electron chi connectivity index (χ1n) is 7.45. The van der Waals surface area contributed by atoms with Crippen LogP contribution in [0.5, 0.6) is 0 Å². The molecule has 0 aliphatic carbocycles. The molecule has 1 saturated heterocycles. The van der Waals surface area contributed by atoms with Crippen molar-refractivity contribution < 1.29 is 4.39 Å². The van der Waals surface area contributed by atoms with Gasteiger partial charge in [0.05, 0.1) is 5.02 Å². The molecule has 0 radical (unpaired) electrons. The molecule has 2 unspecified atom stereocenters. The summed E-state index contributed by atoms with van der Waals surface area (Å²) in [6.45, 7) is 1.59. The zero-order valence-corrected chi connectivity index (χ0v) is 15.2. The number of benzene rings is 1. The Balaban J connectivity index is 1.77. The van der Waals surface area contributed by atoms with Crippen LogP contribution < -0.4 is 5.32 Å². The number of hydrogen-bond acceptors (Lipinski definition) is 5. The Morgan fingerprint density at radius 3 is 3.00 bits per heavy atom. The van der Waals surface area contributed by atoms with Gasteiger partial charge in [0, 0.05) is 12.6 Å². The summed E-state index contributed by atoms with van der Waals surface area (Å²) in [4.78, 5) is 2.21. The maximum absolute atomic E-state index is 13.8. The van der Waals surface area contributed by atoms with Gasteiger partial charge in [-0.05, 0) is 55.2 Å². The molecule has 1 aliphatic rings. The molecule has 2 aromatic rings. The molecule has 0 saturated carbocycles. The molecule has 1 N–H and O–H groups in total. The SMILES string of the molecule is CN1CCC(CNc2snc(Cl)c2C#N)C1c1ccc(Cl)c(F)c1. The highest BCUT2D eigenvalue weighted by Gasteiger charge is 2.33. The molecule has 126 valence electrons. The Kier molecular flexibility index (Phi) is 5.26. The van der Waals surface area contributed by atoms with Crippen LogP contribution >= 0.6 is 34.7 Å². The topological polar surface area (TPSA) is 52.0 Å². The van der Waals surface area contributed by atoms with E-state index in [0.29, 0.717) is 17.1 Å².